The predicted molar refractivity (Wildman–Crippen MR) is 126 cm³/mol. The molecule has 0 saturated heterocycles. The molecule has 0 fully saturated rings. The molecule has 1 N–H and O–H groups in total. The lowest BCUT2D eigenvalue weighted by atomic mass is 9.88. The highest BCUT2D eigenvalue weighted by Gasteiger charge is 2.30. The Kier molecular flexibility index (Phi) is 7.00. The standard InChI is InChI=1S/C25H31N3O3/c1-6-13-28-23-12-7-19(14-22(23)18(2)15-25(28,3)4)16-26-27-24(29)17-31-21-10-8-20(30-5)9-11-21/h7-12,14-16H,6,13,17H2,1-5H3,(H,27,29)/b26-16+. The molecule has 3 rings (SSSR count). The number of ether oxygens (including phenoxy) is 2. The number of nitrogens with one attached hydrogen (secondary N) is 1. The van der Waals surface area contributed by atoms with Crippen LogP contribution < -0.4 is 19.8 Å². The molecule has 31 heavy (non-hydrogen) atoms. The number of nitrogens with zero attached hydrogens (tertiary/aromatic N) is 2. The Bertz CT molecular complexity index is 978. The molecule has 164 valence electrons. The van der Waals surface area contributed by atoms with Gasteiger partial charge in [-0.1, -0.05) is 19.1 Å². The summed E-state index contributed by atoms with van der Waals surface area (Å²) in [6.45, 7) is 9.71. The summed E-state index contributed by atoms with van der Waals surface area (Å²) in [5.41, 5.74) is 7.12. The molecule has 1 aliphatic rings. The van der Waals surface area contributed by atoms with E-state index in [0.717, 1.165) is 24.3 Å². The van der Waals surface area contributed by atoms with Gasteiger partial charge in [0.1, 0.15) is 11.5 Å². The summed E-state index contributed by atoms with van der Waals surface area (Å²) in [6, 6.07) is 13.3. The van der Waals surface area contributed by atoms with Gasteiger partial charge in [0.05, 0.1) is 18.9 Å². The van der Waals surface area contributed by atoms with Crippen molar-refractivity contribution in [1.29, 1.82) is 0 Å². The van der Waals surface area contributed by atoms with E-state index in [0.29, 0.717) is 5.75 Å². The molecule has 0 bridgehead atoms. The second kappa shape index (κ2) is 9.69. The molecule has 0 atom stereocenters. The van der Waals surface area contributed by atoms with Crippen molar-refractivity contribution in [3.63, 3.8) is 0 Å². The highest BCUT2D eigenvalue weighted by Crippen LogP contribution is 2.39. The lowest BCUT2D eigenvalue weighted by Crippen LogP contribution is -2.45. The number of benzene rings is 2. The minimum atomic E-state index is -0.322. The van der Waals surface area contributed by atoms with Crippen molar-refractivity contribution >= 4 is 23.4 Å². The van der Waals surface area contributed by atoms with Crippen molar-refractivity contribution in [3.05, 3.63) is 59.7 Å². The number of fused-ring (bicyclic) bond motifs is 1. The van der Waals surface area contributed by atoms with E-state index in [1.807, 2.05) is 6.07 Å². The summed E-state index contributed by atoms with van der Waals surface area (Å²) < 4.78 is 10.6. The molecule has 1 aliphatic heterocycles. The molecule has 6 heteroatoms. The maximum absolute atomic E-state index is 12.0. The molecule has 0 unspecified atom stereocenters. The van der Waals surface area contributed by atoms with Gasteiger partial charge >= 0.3 is 0 Å². The van der Waals surface area contributed by atoms with Crippen LogP contribution in [0.25, 0.3) is 5.57 Å². The van der Waals surface area contributed by atoms with Gasteiger partial charge in [-0.2, -0.15) is 5.10 Å². The fourth-order valence-electron chi connectivity index (χ4n) is 3.85. The number of amides is 1. The molecule has 2 aromatic rings. The Hall–Kier alpha value is -3.28. The van der Waals surface area contributed by atoms with Gasteiger partial charge in [-0.05, 0) is 74.7 Å². The third-order valence-electron chi connectivity index (χ3n) is 5.28. The zero-order chi connectivity index (χ0) is 22.4. The number of hydrogen-bond acceptors (Lipinski definition) is 5. The zero-order valence-electron chi connectivity index (χ0n) is 18.9. The molecule has 0 aromatic heterocycles. The van der Waals surface area contributed by atoms with Crippen LogP contribution in [-0.2, 0) is 4.79 Å². The number of methoxy groups -OCH3 is 1. The van der Waals surface area contributed by atoms with Gasteiger partial charge in [-0.25, -0.2) is 5.43 Å². The van der Waals surface area contributed by atoms with Crippen LogP contribution in [0.1, 0.15) is 45.2 Å². The Balaban J connectivity index is 1.61. The molecular weight excluding hydrogens is 390 g/mol. The molecule has 0 saturated carbocycles. The number of hydrogen-bond donors (Lipinski definition) is 1. The Labute approximate surface area is 184 Å². The number of carbonyl (C=O) groups is 1. The van der Waals surface area contributed by atoms with Crippen LogP contribution in [0, 0.1) is 0 Å². The van der Waals surface area contributed by atoms with E-state index in [-0.39, 0.29) is 18.1 Å². The number of anilines is 1. The third kappa shape index (κ3) is 5.45. The Morgan fingerprint density at radius 3 is 2.55 bits per heavy atom. The molecular formula is C25H31N3O3. The van der Waals surface area contributed by atoms with E-state index in [4.69, 9.17) is 9.47 Å². The van der Waals surface area contributed by atoms with Gasteiger partial charge in [0.25, 0.3) is 5.91 Å². The van der Waals surface area contributed by atoms with E-state index >= 15 is 0 Å². The fraction of sp³-hybridized carbons (Fsp3) is 0.360. The monoisotopic (exact) mass is 421 g/mol. The van der Waals surface area contributed by atoms with E-state index in [1.165, 1.54) is 16.8 Å². The summed E-state index contributed by atoms with van der Waals surface area (Å²) in [6.07, 6.45) is 5.05. The van der Waals surface area contributed by atoms with Crippen LogP contribution in [0.2, 0.25) is 0 Å². The zero-order valence-corrected chi connectivity index (χ0v) is 18.9. The molecule has 1 heterocycles. The lowest BCUT2D eigenvalue weighted by molar-refractivity contribution is -0.123. The normalized spacial score (nSPS) is 14.7. The molecule has 6 nitrogen and oxygen atoms in total. The fourth-order valence-corrected chi connectivity index (χ4v) is 3.85. The van der Waals surface area contributed by atoms with Crippen LogP contribution in [0.5, 0.6) is 11.5 Å². The smallest absolute Gasteiger partial charge is 0.277 e. The predicted octanol–water partition coefficient (Wildman–Crippen LogP) is 4.64. The molecule has 1 amide bonds. The Morgan fingerprint density at radius 2 is 1.87 bits per heavy atom. The molecule has 0 spiro atoms. The minimum Gasteiger partial charge on any atom is -0.497 e. The largest absolute Gasteiger partial charge is 0.497 e. The summed E-state index contributed by atoms with van der Waals surface area (Å²) in [5.74, 6) is 1.01. The minimum absolute atomic E-state index is 0.0133. The first-order valence-corrected chi connectivity index (χ1v) is 10.5. The number of allylic oxidation sites excluding steroid dienone is 1. The van der Waals surface area contributed by atoms with E-state index in [2.05, 4.69) is 61.3 Å². The molecule has 2 aromatic carbocycles. The Morgan fingerprint density at radius 1 is 1.16 bits per heavy atom. The maximum Gasteiger partial charge on any atom is 0.277 e. The van der Waals surface area contributed by atoms with Crippen molar-refractivity contribution in [2.45, 2.75) is 39.7 Å². The topological polar surface area (TPSA) is 63.2 Å². The quantitative estimate of drug-likeness (QED) is 0.498. The van der Waals surface area contributed by atoms with E-state index in [9.17, 15) is 4.79 Å². The van der Waals surface area contributed by atoms with Crippen molar-refractivity contribution in [2.24, 2.45) is 5.10 Å². The summed E-state index contributed by atoms with van der Waals surface area (Å²) in [4.78, 5) is 14.4. The van der Waals surface area contributed by atoms with Gasteiger partial charge in [-0.3, -0.25) is 4.79 Å². The van der Waals surface area contributed by atoms with Crippen molar-refractivity contribution in [2.75, 3.05) is 25.2 Å². The first kappa shape index (κ1) is 22.4. The van der Waals surface area contributed by atoms with Crippen molar-refractivity contribution in [1.82, 2.24) is 5.43 Å². The number of rotatable bonds is 8. The number of carbonyl (C=O) groups excluding carboxylic acids is 1. The first-order chi connectivity index (χ1) is 14.8. The summed E-state index contributed by atoms with van der Waals surface area (Å²) >= 11 is 0. The number of hydrazone groups is 1. The SMILES string of the molecule is CCCN1c2ccc(/C=N/NC(=O)COc3ccc(OC)cc3)cc2C(C)=CC1(C)C. The summed E-state index contributed by atoms with van der Waals surface area (Å²) in [7, 11) is 1.60. The van der Waals surface area contributed by atoms with Crippen LogP contribution in [0.3, 0.4) is 0 Å². The van der Waals surface area contributed by atoms with E-state index < -0.39 is 0 Å². The van der Waals surface area contributed by atoms with Gasteiger partial charge in [0.2, 0.25) is 0 Å². The third-order valence-corrected chi connectivity index (χ3v) is 5.28. The van der Waals surface area contributed by atoms with Crippen LogP contribution in [0.15, 0.2) is 53.6 Å². The highest BCUT2D eigenvalue weighted by molar-refractivity contribution is 5.88. The highest BCUT2D eigenvalue weighted by atomic mass is 16.5. The lowest BCUT2D eigenvalue weighted by Gasteiger charge is -2.43. The van der Waals surface area contributed by atoms with Crippen LogP contribution >= 0.6 is 0 Å². The van der Waals surface area contributed by atoms with E-state index in [1.54, 1.807) is 37.6 Å². The average molecular weight is 422 g/mol. The van der Waals surface area contributed by atoms with Gasteiger partial charge in [0, 0.05) is 17.8 Å². The second-order valence-corrected chi connectivity index (χ2v) is 8.17. The summed E-state index contributed by atoms with van der Waals surface area (Å²) in [5, 5.41) is 4.08. The maximum atomic E-state index is 12.0. The van der Waals surface area contributed by atoms with Crippen molar-refractivity contribution in [3.8, 4) is 11.5 Å². The van der Waals surface area contributed by atoms with Gasteiger partial charge in [-0.15, -0.1) is 0 Å². The average Bonchev–Trinajstić information content (AvgIpc) is 2.75. The first-order valence-electron chi connectivity index (χ1n) is 10.5. The van der Waals surface area contributed by atoms with Crippen molar-refractivity contribution < 1.29 is 14.3 Å². The van der Waals surface area contributed by atoms with Gasteiger partial charge < -0.3 is 14.4 Å². The molecule has 0 radical (unpaired) electrons. The van der Waals surface area contributed by atoms with Gasteiger partial charge in [0.15, 0.2) is 6.61 Å². The van der Waals surface area contributed by atoms with Crippen LogP contribution in [-0.4, -0.2) is 37.9 Å². The second-order valence-electron chi connectivity index (χ2n) is 8.17. The molecule has 0 aliphatic carbocycles. The van der Waals surface area contributed by atoms with Crippen LogP contribution in [0.4, 0.5) is 5.69 Å².